The molecule has 0 rings (SSSR count). The second-order valence-corrected chi connectivity index (χ2v) is 17.1. The summed E-state index contributed by atoms with van der Waals surface area (Å²) < 4.78 is 0. The molecule has 392 valence electrons. The minimum absolute atomic E-state index is 0.000511. The number of unbranched alkanes of at least 4 members (excludes halogenated alkanes) is 1. The Labute approximate surface area is 399 Å². The number of carboxylic acid groups (broad SMARTS) is 3. The quantitative estimate of drug-likeness (QED) is 0.0158. The maximum Gasteiger partial charge on any atom is 0.326 e. The van der Waals surface area contributed by atoms with Gasteiger partial charge in [0.2, 0.25) is 47.3 Å². The maximum atomic E-state index is 14.0. The number of aliphatic imine (C=N–C) groups is 1. The van der Waals surface area contributed by atoms with Gasteiger partial charge in [-0.05, 0) is 76.2 Å². The number of aliphatic carboxylic acids is 3. The van der Waals surface area contributed by atoms with Gasteiger partial charge in [-0.25, -0.2) is 4.79 Å². The van der Waals surface area contributed by atoms with Crippen LogP contribution in [0.25, 0.3) is 0 Å². The van der Waals surface area contributed by atoms with Gasteiger partial charge in [-0.15, -0.1) is 0 Å². The highest BCUT2D eigenvalue weighted by atomic mass is 16.4. The Bertz CT molecular complexity index is 1800. The monoisotopic (exact) mass is 988 g/mol. The average Bonchev–Trinajstić information content (AvgIpc) is 3.24. The molecule has 0 aliphatic carbocycles. The summed E-state index contributed by atoms with van der Waals surface area (Å²) in [4.78, 5) is 145. The summed E-state index contributed by atoms with van der Waals surface area (Å²) in [5.41, 5.74) is 27.4. The van der Waals surface area contributed by atoms with E-state index in [0.29, 0.717) is 6.42 Å². The highest BCUT2D eigenvalue weighted by molar-refractivity contribution is 5.98. The number of carbonyl (C=O) groups is 11. The number of guanidine groups is 1. The summed E-state index contributed by atoms with van der Waals surface area (Å²) in [5.74, 6) is -13.1. The molecule has 0 aliphatic rings. The third-order valence-electron chi connectivity index (χ3n) is 9.97. The van der Waals surface area contributed by atoms with Gasteiger partial charge in [0, 0.05) is 19.4 Å². The van der Waals surface area contributed by atoms with E-state index in [9.17, 15) is 73.2 Å². The number of nitrogens with two attached hydrogens (primary N) is 5. The van der Waals surface area contributed by atoms with Crippen LogP contribution in [-0.2, 0) is 52.7 Å². The summed E-state index contributed by atoms with van der Waals surface area (Å²) >= 11 is 0. The first kappa shape index (κ1) is 62.3. The lowest BCUT2D eigenvalue weighted by Gasteiger charge is -2.28. The van der Waals surface area contributed by atoms with E-state index in [1.54, 1.807) is 27.7 Å². The van der Waals surface area contributed by atoms with E-state index < -0.39 is 152 Å². The minimum atomic E-state index is -1.79. The topological polar surface area (TPSA) is 495 Å². The summed E-state index contributed by atoms with van der Waals surface area (Å²) in [7, 11) is 0. The summed E-state index contributed by atoms with van der Waals surface area (Å²) in [6.45, 7) is 6.03. The molecule has 8 unspecified atom stereocenters. The predicted octanol–water partition coefficient (Wildman–Crippen LogP) is -5.34. The summed E-state index contributed by atoms with van der Waals surface area (Å²) in [6, 6.07) is -12.4. The highest BCUT2D eigenvalue weighted by Gasteiger charge is 2.35. The van der Waals surface area contributed by atoms with Crippen LogP contribution >= 0.6 is 0 Å². The molecule has 69 heavy (non-hydrogen) atoms. The zero-order valence-electron chi connectivity index (χ0n) is 39.5. The van der Waals surface area contributed by atoms with Crippen LogP contribution < -0.4 is 65.9 Å². The Kier molecular flexibility index (Phi) is 29.7. The van der Waals surface area contributed by atoms with Crippen LogP contribution in [0.4, 0.5) is 0 Å². The van der Waals surface area contributed by atoms with Gasteiger partial charge >= 0.3 is 17.9 Å². The molecule has 0 saturated carbocycles. The lowest BCUT2D eigenvalue weighted by Crippen LogP contribution is -2.61. The number of carboxylic acids is 3. The fourth-order valence-corrected chi connectivity index (χ4v) is 6.39. The molecule has 0 aromatic heterocycles. The van der Waals surface area contributed by atoms with Crippen molar-refractivity contribution in [2.24, 2.45) is 45.5 Å². The number of amides is 8. The lowest BCUT2D eigenvalue weighted by molar-refractivity contribution is -0.143. The number of rotatable bonds is 36. The van der Waals surface area contributed by atoms with Gasteiger partial charge < -0.3 is 86.3 Å². The van der Waals surface area contributed by atoms with Crippen molar-refractivity contribution in [3.05, 3.63) is 0 Å². The van der Waals surface area contributed by atoms with Gasteiger partial charge in [-0.3, -0.25) is 52.9 Å². The first-order valence-electron chi connectivity index (χ1n) is 22.4. The molecule has 0 aromatic carbocycles. The van der Waals surface area contributed by atoms with Crippen molar-refractivity contribution in [1.82, 2.24) is 37.2 Å². The number of hydrogen-bond donors (Lipinski definition) is 16. The van der Waals surface area contributed by atoms with Crippen molar-refractivity contribution in [3.63, 3.8) is 0 Å². The van der Waals surface area contributed by atoms with Crippen LogP contribution in [0.15, 0.2) is 4.99 Å². The molecule has 0 heterocycles. The third-order valence-corrected chi connectivity index (χ3v) is 9.97. The Balaban J connectivity index is 6.50. The highest BCUT2D eigenvalue weighted by Crippen LogP contribution is 2.11. The molecule has 0 spiro atoms. The van der Waals surface area contributed by atoms with E-state index in [2.05, 4.69) is 42.2 Å². The van der Waals surface area contributed by atoms with E-state index in [4.69, 9.17) is 28.7 Å². The Morgan fingerprint density at radius 3 is 1.36 bits per heavy atom. The standard InChI is InChI=1S/C41H73N13O15/c1-20(2)16-26(37(65)54-29(19-55)39(67)50-25(11-13-31(57)58)36(64)53-28(40(68)69)17-21(3)4)52-34(62)23(9-5-6-14-42)48-35(63)24(10-12-30(44)56)49-38(66)27(18-32(59)60)51-33(61)22(43)8-7-15-47-41(45)46/h20-29,55H,5-19,42-43H2,1-4H3,(H2,44,56)(H,48,63)(H,49,66)(H,50,67)(H,51,61)(H,52,62)(H,53,64)(H,54,65)(H,57,58)(H,59,60)(H,68,69)(H4,45,46,47). The molecule has 28 nitrogen and oxygen atoms in total. The van der Waals surface area contributed by atoms with E-state index >= 15 is 0 Å². The number of nitrogens with zero attached hydrogens (tertiary/aromatic N) is 1. The van der Waals surface area contributed by atoms with Crippen LogP contribution in [0.3, 0.4) is 0 Å². The minimum Gasteiger partial charge on any atom is -0.481 e. The van der Waals surface area contributed by atoms with Gasteiger partial charge in [0.15, 0.2) is 5.96 Å². The van der Waals surface area contributed by atoms with E-state index in [1.807, 2.05) is 0 Å². The van der Waals surface area contributed by atoms with E-state index in [0.717, 1.165) is 0 Å². The van der Waals surface area contributed by atoms with Crippen LogP contribution in [-0.4, -0.2) is 160 Å². The number of aliphatic hydroxyl groups excluding tert-OH is 1. The Morgan fingerprint density at radius 2 is 0.913 bits per heavy atom. The van der Waals surface area contributed by atoms with Crippen LogP contribution in [0.2, 0.25) is 0 Å². The summed E-state index contributed by atoms with van der Waals surface area (Å²) in [5, 5.41) is 54.8. The van der Waals surface area contributed by atoms with Crippen molar-refractivity contribution in [3.8, 4) is 0 Å². The van der Waals surface area contributed by atoms with Gasteiger partial charge in [0.05, 0.1) is 19.1 Å². The number of aliphatic hydroxyl groups is 1. The zero-order valence-corrected chi connectivity index (χ0v) is 39.5. The number of nitrogens with one attached hydrogen (secondary N) is 7. The second kappa shape index (κ2) is 32.9. The van der Waals surface area contributed by atoms with Crippen molar-refractivity contribution in [1.29, 1.82) is 0 Å². The number of carbonyl (C=O) groups excluding carboxylic acids is 8. The number of hydrogen-bond acceptors (Lipinski definition) is 15. The summed E-state index contributed by atoms with van der Waals surface area (Å²) in [6.07, 6.45) is -2.33. The van der Waals surface area contributed by atoms with Crippen molar-refractivity contribution >= 4 is 71.1 Å². The van der Waals surface area contributed by atoms with Crippen LogP contribution in [0, 0.1) is 11.8 Å². The molecule has 0 radical (unpaired) electrons. The first-order chi connectivity index (χ1) is 32.2. The second-order valence-electron chi connectivity index (χ2n) is 17.1. The molecular formula is C41H73N13O15. The van der Waals surface area contributed by atoms with Crippen LogP contribution in [0.5, 0.6) is 0 Å². The van der Waals surface area contributed by atoms with Crippen LogP contribution in [0.1, 0.15) is 105 Å². The lowest BCUT2D eigenvalue weighted by atomic mass is 10.0. The van der Waals surface area contributed by atoms with Gasteiger partial charge in [0.25, 0.3) is 0 Å². The predicted molar refractivity (Wildman–Crippen MR) is 245 cm³/mol. The maximum absolute atomic E-state index is 14.0. The average molecular weight is 988 g/mol. The van der Waals surface area contributed by atoms with Crippen molar-refractivity contribution in [2.45, 2.75) is 153 Å². The molecule has 0 fully saturated rings. The Hall–Kier alpha value is -6.68. The van der Waals surface area contributed by atoms with Gasteiger partial charge in [-0.1, -0.05) is 27.7 Å². The molecule has 8 atom stereocenters. The molecule has 21 N–H and O–H groups in total. The largest absolute Gasteiger partial charge is 0.481 e. The van der Waals surface area contributed by atoms with E-state index in [1.165, 1.54) is 0 Å². The van der Waals surface area contributed by atoms with Crippen molar-refractivity contribution in [2.75, 3.05) is 19.7 Å². The Morgan fingerprint density at radius 1 is 0.493 bits per heavy atom. The number of primary amides is 1. The fraction of sp³-hybridized carbons (Fsp3) is 0.707. The molecule has 0 aromatic rings. The zero-order chi connectivity index (χ0) is 53.0. The van der Waals surface area contributed by atoms with Crippen molar-refractivity contribution < 1.29 is 73.2 Å². The molecule has 8 amide bonds. The molecule has 0 bridgehead atoms. The molecular weight excluding hydrogens is 915 g/mol. The SMILES string of the molecule is CC(C)CC(NC(=O)C(CCC(=O)O)NC(=O)C(CO)NC(=O)C(CC(C)C)NC(=O)C(CCCCN)NC(=O)C(CCC(N)=O)NC(=O)C(CC(=O)O)NC(=O)C(N)CCCN=C(N)N)C(=O)O. The smallest absolute Gasteiger partial charge is 0.326 e. The van der Waals surface area contributed by atoms with Gasteiger partial charge in [-0.2, -0.15) is 0 Å². The van der Waals surface area contributed by atoms with Gasteiger partial charge in [0.1, 0.15) is 42.3 Å². The molecule has 0 saturated heterocycles. The first-order valence-corrected chi connectivity index (χ1v) is 22.4. The fourth-order valence-electron chi connectivity index (χ4n) is 6.39. The third kappa shape index (κ3) is 27.0. The normalized spacial score (nSPS) is 14.5. The molecule has 0 aliphatic heterocycles. The molecule has 28 heteroatoms. The van der Waals surface area contributed by atoms with E-state index in [-0.39, 0.29) is 69.4 Å².